The average molecular weight is 288 g/mol. The third kappa shape index (κ3) is 2.42. The summed E-state index contributed by atoms with van der Waals surface area (Å²) in [5, 5.41) is 18.6. The average Bonchev–Trinajstić information content (AvgIpc) is 2.43. The minimum Gasteiger partial charge on any atom is -0.486 e. The fourth-order valence-electron chi connectivity index (χ4n) is 2.80. The van der Waals surface area contributed by atoms with Gasteiger partial charge in [0.15, 0.2) is 0 Å². The Labute approximate surface area is 122 Å². The van der Waals surface area contributed by atoms with Crippen molar-refractivity contribution >= 4 is 12.4 Å². The van der Waals surface area contributed by atoms with Gasteiger partial charge in [0, 0.05) is 12.6 Å². The number of carboxylic acids is 1. The van der Waals surface area contributed by atoms with E-state index in [0.29, 0.717) is 23.3 Å². The molecule has 1 N–H and O–H groups in total. The van der Waals surface area contributed by atoms with Crippen LogP contribution in [0.25, 0.3) is 0 Å². The van der Waals surface area contributed by atoms with Crippen molar-refractivity contribution in [3.63, 3.8) is 0 Å². The molecule has 1 amide bonds. The number of carboxylic acid groups (broad SMARTS) is 1. The number of hydrogen-bond acceptors (Lipinski definition) is 4. The minimum atomic E-state index is -1.05. The Kier molecular flexibility index (Phi) is 3.60. The lowest BCUT2D eigenvalue weighted by molar-refractivity contribution is -0.156. The van der Waals surface area contributed by atoms with Crippen molar-refractivity contribution in [1.29, 1.82) is 5.26 Å². The van der Waals surface area contributed by atoms with Gasteiger partial charge in [0.2, 0.25) is 6.41 Å². The molecule has 1 heterocycles. The molecule has 2 rings (SSSR count). The Morgan fingerprint density at radius 3 is 2.71 bits per heavy atom. The second-order valence-corrected chi connectivity index (χ2v) is 5.60. The highest BCUT2D eigenvalue weighted by atomic mass is 16.5. The quantitative estimate of drug-likeness (QED) is 0.852. The van der Waals surface area contributed by atoms with Crippen LogP contribution in [0.1, 0.15) is 31.0 Å². The highest BCUT2D eigenvalue weighted by Gasteiger charge is 2.49. The molecule has 6 nitrogen and oxygen atoms in total. The zero-order valence-electron chi connectivity index (χ0n) is 12.0. The molecule has 0 fully saturated rings. The summed E-state index contributed by atoms with van der Waals surface area (Å²) >= 11 is 0. The number of carbonyl (C=O) groups excluding carboxylic acids is 1. The van der Waals surface area contributed by atoms with Gasteiger partial charge in [0.05, 0.1) is 17.7 Å². The van der Waals surface area contributed by atoms with Crippen molar-refractivity contribution < 1.29 is 19.4 Å². The van der Waals surface area contributed by atoms with E-state index in [0.717, 1.165) is 0 Å². The van der Waals surface area contributed by atoms with Crippen LogP contribution in [0.15, 0.2) is 18.2 Å². The Bertz CT molecular complexity index is 633. The van der Waals surface area contributed by atoms with Crippen LogP contribution in [0.5, 0.6) is 5.75 Å². The molecule has 1 aromatic rings. The number of benzene rings is 1. The van der Waals surface area contributed by atoms with Crippen molar-refractivity contribution in [2.24, 2.45) is 5.92 Å². The maximum atomic E-state index is 11.7. The topological polar surface area (TPSA) is 90.6 Å². The van der Waals surface area contributed by atoms with E-state index >= 15 is 0 Å². The van der Waals surface area contributed by atoms with Crippen molar-refractivity contribution in [2.75, 3.05) is 7.05 Å². The summed E-state index contributed by atoms with van der Waals surface area (Å²) in [5.41, 5.74) is -0.0459. The number of amides is 1. The number of nitrogens with zero attached hydrogens (tertiary/aromatic N) is 2. The first kappa shape index (κ1) is 14.9. The molecular weight excluding hydrogens is 272 g/mol. The summed E-state index contributed by atoms with van der Waals surface area (Å²) in [6.45, 7) is 3.36. The molecular formula is C15H16N2O4. The third-order valence-corrected chi connectivity index (χ3v) is 3.77. The number of carbonyl (C=O) groups is 2. The van der Waals surface area contributed by atoms with E-state index in [4.69, 9.17) is 10.00 Å². The van der Waals surface area contributed by atoms with Crippen LogP contribution in [0.3, 0.4) is 0 Å². The van der Waals surface area contributed by atoms with Gasteiger partial charge in [-0.2, -0.15) is 5.26 Å². The molecule has 0 aliphatic carbocycles. The standard InChI is InChI=1S/C15H16N2O4/c1-15(2)12(14(19)20)13(17(3)8-18)10-6-9(7-16)4-5-11(10)21-15/h4-6,8,12-13H,1-3H3,(H,19,20)/t12-,13-/m0/s1. The first-order valence-electron chi connectivity index (χ1n) is 6.45. The zero-order chi connectivity index (χ0) is 15.8. The molecule has 1 aliphatic rings. The second-order valence-electron chi connectivity index (χ2n) is 5.60. The fraction of sp³-hybridized carbons (Fsp3) is 0.400. The van der Waals surface area contributed by atoms with Gasteiger partial charge in [0.1, 0.15) is 17.3 Å². The summed E-state index contributed by atoms with van der Waals surface area (Å²) in [7, 11) is 1.53. The van der Waals surface area contributed by atoms with Crippen LogP contribution < -0.4 is 4.74 Å². The SMILES string of the molecule is CN(C=O)[C@H]1c2cc(C#N)ccc2OC(C)(C)[C@@H]1C(=O)O. The van der Waals surface area contributed by atoms with Crippen molar-refractivity contribution in [1.82, 2.24) is 4.90 Å². The van der Waals surface area contributed by atoms with E-state index < -0.39 is 23.5 Å². The molecule has 21 heavy (non-hydrogen) atoms. The minimum absolute atomic E-state index is 0.394. The molecule has 0 aromatic heterocycles. The molecule has 110 valence electrons. The first-order chi connectivity index (χ1) is 9.81. The maximum Gasteiger partial charge on any atom is 0.313 e. The number of fused-ring (bicyclic) bond motifs is 1. The molecule has 0 spiro atoms. The van der Waals surface area contributed by atoms with Crippen LogP contribution in [0, 0.1) is 17.2 Å². The van der Waals surface area contributed by atoms with Gasteiger partial charge >= 0.3 is 5.97 Å². The summed E-state index contributed by atoms with van der Waals surface area (Å²) in [5.74, 6) is -1.49. The van der Waals surface area contributed by atoms with Crippen LogP contribution in [0.2, 0.25) is 0 Å². The Balaban J connectivity index is 2.67. The Morgan fingerprint density at radius 2 is 2.19 bits per heavy atom. The van der Waals surface area contributed by atoms with Crippen LogP contribution in [-0.2, 0) is 9.59 Å². The van der Waals surface area contributed by atoms with E-state index in [2.05, 4.69) is 0 Å². The van der Waals surface area contributed by atoms with Gasteiger partial charge in [0.25, 0.3) is 0 Å². The zero-order valence-corrected chi connectivity index (χ0v) is 12.0. The lowest BCUT2D eigenvalue weighted by Gasteiger charge is -2.45. The van der Waals surface area contributed by atoms with E-state index in [9.17, 15) is 14.7 Å². The highest BCUT2D eigenvalue weighted by Crippen LogP contribution is 2.46. The molecule has 0 radical (unpaired) electrons. The van der Waals surface area contributed by atoms with Gasteiger partial charge < -0.3 is 14.7 Å². The van der Waals surface area contributed by atoms with E-state index in [1.54, 1.807) is 32.0 Å². The lowest BCUT2D eigenvalue weighted by Crippen LogP contribution is -2.52. The molecule has 1 aliphatic heterocycles. The highest BCUT2D eigenvalue weighted by molar-refractivity contribution is 5.75. The van der Waals surface area contributed by atoms with Crippen LogP contribution >= 0.6 is 0 Å². The van der Waals surface area contributed by atoms with E-state index in [1.165, 1.54) is 11.9 Å². The van der Waals surface area contributed by atoms with Gasteiger partial charge in [-0.3, -0.25) is 9.59 Å². The Hall–Kier alpha value is -2.55. The summed E-state index contributed by atoms with van der Waals surface area (Å²) in [4.78, 5) is 24.2. The van der Waals surface area contributed by atoms with Crippen LogP contribution in [-0.4, -0.2) is 35.0 Å². The number of ether oxygens (including phenoxy) is 1. The van der Waals surface area contributed by atoms with Crippen molar-refractivity contribution in [3.8, 4) is 11.8 Å². The van der Waals surface area contributed by atoms with Crippen molar-refractivity contribution in [2.45, 2.75) is 25.5 Å². The van der Waals surface area contributed by atoms with E-state index in [-0.39, 0.29) is 0 Å². The fourth-order valence-corrected chi connectivity index (χ4v) is 2.80. The molecule has 0 bridgehead atoms. The predicted octanol–water partition coefficient (Wildman–Crippen LogP) is 1.56. The number of aliphatic carboxylic acids is 1. The van der Waals surface area contributed by atoms with Gasteiger partial charge in [-0.25, -0.2) is 0 Å². The van der Waals surface area contributed by atoms with Gasteiger partial charge in [-0.05, 0) is 32.0 Å². The molecule has 0 saturated heterocycles. The van der Waals surface area contributed by atoms with Crippen LogP contribution in [0.4, 0.5) is 0 Å². The first-order valence-corrected chi connectivity index (χ1v) is 6.45. The monoisotopic (exact) mass is 288 g/mol. The molecule has 0 saturated carbocycles. The van der Waals surface area contributed by atoms with Gasteiger partial charge in [-0.1, -0.05) is 0 Å². The smallest absolute Gasteiger partial charge is 0.313 e. The predicted molar refractivity (Wildman–Crippen MR) is 73.6 cm³/mol. The normalized spacial score (nSPS) is 22.4. The number of hydrogen-bond donors (Lipinski definition) is 1. The maximum absolute atomic E-state index is 11.7. The summed E-state index contributed by atoms with van der Waals surface area (Å²) in [6, 6.07) is 6.14. The Morgan fingerprint density at radius 1 is 1.52 bits per heavy atom. The van der Waals surface area contributed by atoms with E-state index in [1.807, 2.05) is 6.07 Å². The summed E-state index contributed by atoms with van der Waals surface area (Å²) < 4.78 is 5.78. The number of nitriles is 1. The lowest BCUT2D eigenvalue weighted by atomic mass is 9.77. The summed E-state index contributed by atoms with van der Waals surface area (Å²) in [6.07, 6.45) is 0.588. The second kappa shape index (κ2) is 5.09. The molecule has 6 heteroatoms. The largest absolute Gasteiger partial charge is 0.486 e. The number of rotatable bonds is 3. The molecule has 1 aromatic carbocycles. The van der Waals surface area contributed by atoms with Crippen molar-refractivity contribution in [3.05, 3.63) is 29.3 Å². The third-order valence-electron chi connectivity index (χ3n) is 3.77. The molecule has 0 unspecified atom stereocenters. The molecule has 2 atom stereocenters. The van der Waals surface area contributed by atoms with Gasteiger partial charge in [-0.15, -0.1) is 0 Å².